The number of hydrogen-bond acceptors (Lipinski definition) is 5. The molecule has 170 valence electrons. The quantitative estimate of drug-likeness (QED) is 0.310. The third kappa shape index (κ3) is 3.71. The highest BCUT2D eigenvalue weighted by molar-refractivity contribution is 9.10. The minimum Gasteiger partial charge on any atom is -0.465 e. The fourth-order valence-electron chi connectivity index (χ4n) is 4.23. The number of ether oxygens (including phenoxy) is 1. The van der Waals surface area contributed by atoms with E-state index in [2.05, 4.69) is 15.9 Å². The largest absolute Gasteiger partial charge is 0.465 e. The number of nitrogens with zero attached hydrogens (tertiary/aromatic N) is 1. The molecular formula is C26H17BrClNO5. The number of esters is 1. The molecule has 8 heteroatoms. The Bertz CT molecular complexity index is 1510. The summed E-state index contributed by atoms with van der Waals surface area (Å²) in [5.41, 5.74) is 2.07. The van der Waals surface area contributed by atoms with Crippen LogP contribution in [0.3, 0.4) is 0 Å². The molecule has 2 heterocycles. The number of halogens is 2. The van der Waals surface area contributed by atoms with E-state index in [4.69, 9.17) is 20.8 Å². The summed E-state index contributed by atoms with van der Waals surface area (Å²) >= 11 is 9.78. The zero-order chi connectivity index (χ0) is 24.0. The molecule has 6 nitrogen and oxygen atoms in total. The average molecular weight is 539 g/mol. The number of fused-ring (bicyclic) bond motifs is 2. The summed E-state index contributed by atoms with van der Waals surface area (Å²) in [5.74, 6) is -0.870. The molecule has 3 aromatic carbocycles. The molecule has 1 aliphatic heterocycles. The number of carbonyl (C=O) groups excluding carboxylic acids is 2. The molecule has 1 amide bonds. The van der Waals surface area contributed by atoms with E-state index in [1.807, 2.05) is 18.2 Å². The van der Waals surface area contributed by atoms with Crippen LogP contribution in [0.2, 0.25) is 5.02 Å². The normalized spacial score (nSPS) is 15.0. The average Bonchev–Trinajstić information content (AvgIpc) is 3.12. The molecule has 0 saturated heterocycles. The van der Waals surface area contributed by atoms with Crippen molar-refractivity contribution in [3.8, 4) is 0 Å². The molecule has 0 saturated carbocycles. The van der Waals surface area contributed by atoms with Crippen molar-refractivity contribution in [2.24, 2.45) is 0 Å². The van der Waals surface area contributed by atoms with E-state index >= 15 is 0 Å². The molecule has 1 atom stereocenters. The van der Waals surface area contributed by atoms with Crippen molar-refractivity contribution in [1.29, 1.82) is 0 Å². The number of amides is 1. The third-order valence-electron chi connectivity index (χ3n) is 5.87. The van der Waals surface area contributed by atoms with Crippen molar-refractivity contribution in [2.75, 3.05) is 7.11 Å². The zero-order valence-corrected chi connectivity index (χ0v) is 20.2. The van der Waals surface area contributed by atoms with Crippen molar-refractivity contribution < 1.29 is 18.7 Å². The van der Waals surface area contributed by atoms with Crippen LogP contribution in [0.4, 0.5) is 0 Å². The van der Waals surface area contributed by atoms with Crippen molar-refractivity contribution in [2.45, 2.75) is 12.6 Å². The molecular weight excluding hydrogens is 522 g/mol. The number of carbonyl (C=O) groups is 2. The molecule has 1 aliphatic rings. The van der Waals surface area contributed by atoms with Crippen LogP contribution < -0.4 is 5.43 Å². The van der Waals surface area contributed by atoms with E-state index in [-0.39, 0.29) is 23.3 Å². The van der Waals surface area contributed by atoms with E-state index in [1.165, 1.54) is 7.11 Å². The van der Waals surface area contributed by atoms with E-state index in [0.717, 1.165) is 10.0 Å². The van der Waals surface area contributed by atoms with E-state index in [1.54, 1.807) is 53.4 Å². The molecule has 34 heavy (non-hydrogen) atoms. The van der Waals surface area contributed by atoms with Gasteiger partial charge in [-0.05, 0) is 47.5 Å². The molecule has 0 N–H and O–H groups in total. The number of rotatable bonds is 4. The van der Waals surface area contributed by atoms with Crippen LogP contribution in [0.1, 0.15) is 43.6 Å². The van der Waals surface area contributed by atoms with Crippen LogP contribution >= 0.6 is 27.5 Å². The predicted octanol–water partition coefficient (Wildman–Crippen LogP) is 5.74. The van der Waals surface area contributed by atoms with Crippen LogP contribution in [0.25, 0.3) is 11.0 Å². The van der Waals surface area contributed by atoms with Gasteiger partial charge in [-0.3, -0.25) is 9.59 Å². The maximum Gasteiger partial charge on any atom is 0.337 e. The Hall–Kier alpha value is -3.42. The fraction of sp³-hybridized carbons (Fsp3) is 0.115. The molecule has 0 radical (unpaired) electrons. The Labute approximate surface area is 207 Å². The van der Waals surface area contributed by atoms with Crippen LogP contribution in [-0.2, 0) is 11.3 Å². The monoisotopic (exact) mass is 537 g/mol. The second-order valence-corrected chi connectivity index (χ2v) is 9.18. The van der Waals surface area contributed by atoms with Gasteiger partial charge in [0.05, 0.1) is 29.7 Å². The van der Waals surface area contributed by atoms with Gasteiger partial charge in [-0.2, -0.15) is 0 Å². The lowest BCUT2D eigenvalue weighted by Gasteiger charge is -2.25. The summed E-state index contributed by atoms with van der Waals surface area (Å²) in [4.78, 5) is 40.6. The first-order valence-electron chi connectivity index (χ1n) is 10.4. The van der Waals surface area contributed by atoms with E-state index in [0.29, 0.717) is 27.1 Å². The second-order valence-electron chi connectivity index (χ2n) is 7.86. The van der Waals surface area contributed by atoms with Crippen LogP contribution in [0, 0.1) is 0 Å². The molecule has 0 bridgehead atoms. The summed E-state index contributed by atoms with van der Waals surface area (Å²) < 4.78 is 11.5. The Morgan fingerprint density at radius 3 is 2.53 bits per heavy atom. The summed E-state index contributed by atoms with van der Waals surface area (Å²) in [6.07, 6.45) is 0. The van der Waals surface area contributed by atoms with Crippen molar-refractivity contribution in [1.82, 2.24) is 4.90 Å². The number of hydrogen-bond donors (Lipinski definition) is 0. The lowest BCUT2D eigenvalue weighted by molar-refractivity contribution is 0.0599. The molecule has 4 aromatic rings. The summed E-state index contributed by atoms with van der Waals surface area (Å²) in [6, 6.07) is 18.2. The highest BCUT2D eigenvalue weighted by Crippen LogP contribution is 2.40. The van der Waals surface area contributed by atoms with Crippen LogP contribution in [-0.4, -0.2) is 23.9 Å². The highest BCUT2D eigenvalue weighted by atomic mass is 79.9. The van der Waals surface area contributed by atoms with Gasteiger partial charge in [-0.1, -0.05) is 57.9 Å². The Morgan fingerprint density at radius 2 is 1.82 bits per heavy atom. The Kier molecular flexibility index (Phi) is 5.75. The topological polar surface area (TPSA) is 76.8 Å². The molecule has 1 aromatic heterocycles. The first kappa shape index (κ1) is 22.4. The van der Waals surface area contributed by atoms with Gasteiger partial charge < -0.3 is 14.1 Å². The fourth-order valence-corrected chi connectivity index (χ4v) is 4.79. The van der Waals surface area contributed by atoms with Gasteiger partial charge in [0.2, 0.25) is 5.76 Å². The molecule has 1 unspecified atom stereocenters. The predicted molar refractivity (Wildman–Crippen MR) is 131 cm³/mol. The summed E-state index contributed by atoms with van der Waals surface area (Å²) in [5, 5.41) is 0.885. The molecule has 0 spiro atoms. The Morgan fingerprint density at radius 1 is 1.09 bits per heavy atom. The van der Waals surface area contributed by atoms with Gasteiger partial charge in [0.1, 0.15) is 5.58 Å². The first-order chi connectivity index (χ1) is 16.4. The van der Waals surface area contributed by atoms with Gasteiger partial charge >= 0.3 is 5.97 Å². The second kappa shape index (κ2) is 8.74. The minimum absolute atomic E-state index is 0.00826. The van der Waals surface area contributed by atoms with Crippen LogP contribution in [0.15, 0.2) is 80.4 Å². The smallest absolute Gasteiger partial charge is 0.337 e. The van der Waals surface area contributed by atoms with Gasteiger partial charge in [0.15, 0.2) is 5.43 Å². The van der Waals surface area contributed by atoms with Gasteiger partial charge in [0, 0.05) is 16.0 Å². The highest BCUT2D eigenvalue weighted by Gasteiger charge is 2.43. The van der Waals surface area contributed by atoms with Crippen molar-refractivity contribution in [3.63, 3.8) is 0 Å². The van der Waals surface area contributed by atoms with Gasteiger partial charge in [0.25, 0.3) is 5.91 Å². The molecule has 0 fully saturated rings. The standard InChI is InChI=1S/C26H17BrClNO5/c1-33-26(32)15-8-6-14(7-9-15)22-21-23(30)18-12-17(27)10-11-20(18)34-24(21)25(31)29(22)13-16-4-2-3-5-19(16)28/h2-12,22H,13H2,1H3. The van der Waals surface area contributed by atoms with Crippen molar-refractivity contribution >= 4 is 50.4 Å². The minimum atomic E-state index is -0.717. The number of benzene rings is 3. The maximum absolute atomic E-state index is 13.6. The third-order valence-corrected chi connectivity index (χ3v) is 6.74. The molecule has 5 rings (SSSR count). The van der Waals surface area contributed by atoms with Gasteiger partial charge in [-0.15, -0.1) is 0 Å². The SMILES string of the molecule is COC(=O)c1ccc(C2c3c(oc4ccc(Br)cc4c3=O)C(=O)N2Cc2ccccc2Cl)cc1. The summed E-state index contributed by atoms with van der Waals surface area (Å²) in [6.45, 7) is 0.172. The number of methoxy groups -OCH3 is 1. The zero-order valence-electron chi connectivity index (χ0n) is 17.9. The lowest BCUT2D eigenvalue weighted by Crippen LogP contribution is -2.29. The van der Waals surface area contributed by atoms with Gasteiger partial charge in [-0.25, -0.2) is 4.79 Å². The Balaban J connectivity index is 1.70. The van der Waals surface area contributed by atoms with Crippen LogP contribution in [0.5, 0.6) is 0 Å². The first-order valence-corrected chi connectivity index (χ1v) is 11.5. The maximum atomic E-state index is 13.6. The van der Waals surface area contributed by atoms with E-state index in [9.17, 15) is 14.4 Å². The lowest BCUT2D eigenvalue weighted by atomic mass is 9.97. The summed E-state index contributed by atoms with van der Waals surface area (Å²) in [7, 11) is 1.31. The molecule has 0 aliphatic carbocycles. The van der Waals surface area contributed by atoms with E-state index < -0.39 is 17.9 Å². The van der Waals surface area contributed by atoms with Crippen molar-refractivity contribution in [3.05, 3.63) is 114 Å².